The Morgan fingerprint density at radius 3 is 3.00 bits per heavy atom. The van der Waals surface area contributed by atoms with Crippen LogP contribution >= 0.6 is 0 Å². The van der Waals surface area contributed by atoms with E-state index in [9.17, 15) is 4.79 Å². The summed E-state index contributed by atoms with van der Waals surface area (Å²) in [5.74, 6) is 0.852. The Kier molecular flexibility index (Phi) is 4.66. The van der Waals surface area contributed by atoms with Gasteiger partial charge < -0.3 is 10.6 Å². The lowest BCUT2D eigenvalue weighted by molar-refractivity contribution is -0.121. The highest BCUT2D eigenvalue weighted by molar-refractivity contribution is 5.76. The number of hydrogen-bond acceptors (Lipinski definition) is 2. The van der Waals surface area contributed by atoms with E-state index in [4.69, 9.17) is 0 Å². The summed E-state index contributed by atoms with van der Waals surface area (Å²) in [5.41, 5.74) is 1.00. The van der Waals surface area contributed by atoms with Crippen LogP contribution in [-0.4, -0.2) is 25.5 Å². The Bertz CT molecular complexity index is 207. The molecule has 0 radical (unpaired) electrons. The molecule has 1 atom stereocenters. The van der Waals surface area contributed by atoms with E-state index in [2.05, 4.69) is 17.2 Å². The second kappa shape index (κ2) is 5.81. The summed E-state index contributed by atoms with van der Waals surface area (Å²) >= 11 is 0. The quantitative estimate of drug-likeness (QED) is 0.646. The Labute approximate surface area is 86.0 Å². The summed E-state index contributed by atoms with van der Waals surface area (Å²) in [6.45, 7) is 8.46. The lowest BCUT2D eigenvalue weighted by Crippen LogP contribution is -2.25. The maximum absolute atomic E-state index is 11.3. The second-order valence-electron chi connectivity index (χ2n) is 4.13. The first-order valence-electron chi connectivity index (χ1n) is 5.30. The highest BCUT2D eigenvalue weighted by Gasteiger charge is 2.15. The smallest absolute Gasteiger partial charge is 0.220 e. The van der Waals surface area contributed by atoms with Gasteiger partial charge in [-0.1, -0.05) is 12.2 Å². The minimum absolute atomic E-state index is 0.153. The molecule has 0 bridgehead atoms. The third-order valence-electron chi connectivity index (χ3n) is 2.53. The van der Waals surface area contributed by atoms with Crippen molar-refractivity contribution in [1.82, 2.24) is 10.6 Å². The van der Waals surface area contributed by atoms with Crippen LogP contribution in [0.25, 0.3) is 0 Å². The molecule has 1 heterocycles. The van der Waals surface area contributed by atoms with Crippen molar-refractivity contribution in [2.24, 2.45) is 5.92 Å². The van der Waals surface area contributed by atoms with Gasteiger partial charge in [-0.05, 0) is 38.8 Å². The van der Waals surface area contributed by atoms with Gasteiger partial charge in [0.1, 0.15) is 0 Å². The number of rotatable bonds is 5. The predicted molar refractivity (Wildman–Crippen MR) is 58.0 cm³/mol. The zero-order valence-electron chi connectivity index (χ0n) is 8.94. The average Bonchev–Trinajstić information content (AvgIpc) is 2.63. The molecule has 0 aromatic rings. The molecule has 2 N–H and O–H groups in total. The van der Waals surface area contributed by atoms with E-state index >= 15 is 0 Å². The van der Waals surface area contributed by atoms with Gasteiger partial charge in [0.15, 0.2) is 0 Å². The van der Waals surface area contributed by atoms with E-state index in [1.54, 1.807) is 0 Å². The molecule has 1 aliphatic heterocycles. The highest BCUT2D eigenvalue weighted by Crippen LogP contribution is 2.13. The number of hydrogen-bond donors (Lipinski definition) is 2. The molecule has 1 unspecified atom stereocenters. The van der Waals surface area contributed by atoms with Gasteiger partial charge in [0.2, 0.25) is 5.91 Å². The standard InChI is InChI=1S/C11H20N2O/c1-9(2)7-13-11(14)4-3-10-5-6-12-8-10/h10,12H,1,3-8H2,2H3,(H,13,14). The molecule has 3 nitrogen and oxygen atoms in total. The average molecular weight is 196 g/mol. The monoisotopic (exact) mass is 196 g/mol. The van der Waals surface area contributed by atoms with Gasteiger partial charge in [-0.3, -0.25) is 4.79 Å². The Morgan fingerprint density at radius 2 is 2.43 bits per heavy atom. The third kappa shape index (κ3) is 4.42. The van der Waals surface area contributed by atoms with Crippen molar-refractivity contribution < 1.29 is 4.79 Å². The molecule has 1 rings (SSSR count). The van der Waals surface area contributed by atoms with Gasteiger partial charge in [-0.25, -0.2) is 0 Å². The van der Waals surface area contributed by atoms with Gasteiger partial charge >= 0.3 is 0 Å². The van der Waals surface area contributed by atoms with Crippen LogP contribution in [0.2, 0.25) is 0 Å². The lowest BCUT2D eigenvalue weighted by atomic mass is 10.0. The molecule has 1 saturated heterocycles. The van der Waals surface area contributed by atoms with E-state index in [0.29, 0.717) is 18.9 Å². The molecule has 0 aromatic carbocycles. The molecule has 0 aromatic heterocycles. The van der Waals surface area contributed by atoms with Gasteiger partial charge in [0, 0.05) is 13.0 Å². The summed E-state index contributed by atoms with van der Waals surface area (Å²) in [4.78, 5) is 11.3. The minimum atomic E-state index is 0.153. The summed E-state index contributed by atoms with van der Waals surface area (Å²) in [6.07, 6.45) is 2.88. The van der Waals surface area contributed by atoms with E-state index < -0.39 is 0 Å². The number of nitrogens with one attached hydrogen (secondary N) is 2. The van der Waals surface area contributed by atoms with Crippen LogP contribution in [-0.2, 0) is 4.79 Å². The van der Waals surface area contributed by atoms with Gasteiger partial charge in [-0.15, -0.1) is 0 Å². The second-order valence-corrected chi connectivity index (χ2v) is 4.13. The van der Waals surface area contributed by atoms with E-state index in [1.807, 2.05) is 6.92 Å². The van der Waals surface area contributed by atoms with E-state index in [0.717, 1.165) is 25.1 Å². The van der Waals surface area contributed by atoms with Crippen molar-refractivity contribution in [1.29, 1.82) is 0 Å². The van der Waals surface area contributed by atoms with Gasteiger partial charge in [-0.2, -0.15) is 0 Å². The Morgan fingerprint density at radius 1 is 1.64 bits per heavy atom. The molecule has 1 fully saturated rings. The first-order chi connectivity index (χ1) is 6.68. The first-order valence-corrected chi connectivity index (χ1v) is 5.30. The van der Waals surface area contributed by atoms with Crippen molar-refractivity contribution in [2.75, 3.05) is 19.6 Å². The molecular formula is C11H20N2O. The summed E-state index contributed by atoms with van der Waals surface area (Å²) in [6, 6.07) is 0. The number of carbonyl (C=O) groups excluding carboxylic acids is 1. The van der Waals surface area contributed by atoms with Crippen LogP contribution in [0.4, 0.5) is 0 Å². The van der Waals surface area contributed by atoms with Crippen LogP contribution in [0, 0.1) is 5.92 Å². The summed E-state index contributed by atoms with van der Waals surface area (Å²) in [5, 5.41) is 6.15. The first kappa shape index (κ1) is 11.2. The molecular weight excluding hydrogens is 176 g/mol. The maximum Gasteiger partial charge on any atom is 0.220 e. The van der Waals surface area contributed by atoms with Gasteiger partial charge in [0.25, 0.3) is 0 Å². The Balaban J connectivity index is 2.05. The molecule has 0 aliphatic carbocycles. The Hall–Kier alpha value is -0.830. The molecule has 14 heavy (non-hydrogen) atoms. The maximum atomic E-state index is 11.3. The van der Waals surface area contributed by atoms with E-state index in [-0.39, 0.29) is 5.91 Å². The fourth-order valence-electron chi connectivity index (χ4n) is 1.63. The van der Waals surface area contributed by atoms with Crippen molar-refractivity contribution in [3.05, 3.63) is 12.2 Å². The zero-order chi connectivity index (χ0) is 10.4. The van der Waals surface area contributed by atoms with Gasteiger partial charge in [0.05, 0.1) is 0 Å². The van der Waals surface area contributed by atoms with Crippen molar-refractivity contribution in [3.8, 4) is 0 Å². The SMILES string of the molecule is C=C(C)CNC(=O)CCC1CCNC1. The van der Waals surface area contributed by atoms with Crippen LogP contribution < -0.4 is 10.6 Å². The zero-order valence-corrected chi connectivity index (χ0v) is 8.94. The minimum Gasteiger partial charge on any atom is -0.352 e. The van der Waals surface area contributed by atoms with Crippen molar-refractivity contribution in [2.45, 2.75) is 26.2 Å². The van der Waals surface area contributed by atoms with Crippen LogP contribution in [0.15, 0.2) is 12.2 Å². The molecule has 0 saturated carbocycles. The van der Waals surface area contributed by atoms with E-state index in [1.165, 1.54) is 6.42 Å². The molecule has 3 heteroatoms. The van der Waals surface area contributed by atoms with Crippen LogP contribution in [0.3, 0.4) is 0 Å². The highest BCUT2D eigenvalue weighted by atomic mass is 16.1. The lowest BCUT2D eigenvalue weighted by Gasteiger charge is -2.08. The molecule has 1 amide bonds. The summed E-state index contributed by atoms with van der Waals surface area (Å²) in [7, 11) is 0. The van der Waals surface area contributed by atoms with Crippen LogP contribution in [0.5, 0.6) is 0 Å². The number of amides is 1. The molecule has 80 valence electrons. The van der Waals surface area contributed by atoms with Crippen LogP contribution in [0.1, 0.15) is 26.2 Å². The van der Waals surface area contributed by atoms with Crippen molar-refractivity contribution >= 4 is 5.91 Å². The normalized spacial score (nSPS) is 20.8. The fraction of sp³-hybridized carbons (Fsp3) is 0.727. The fourth-order valence-corrected chi connectivity index (χ4v) is 1.63. The third-order valence-corrected chi connectivity index (χ3v) is 2.53. The molecule has 0 spiro atoms. The summed E-state index contributed by atoms with van der Waals surface area (Å²) < 4.78 is 0. The predicted octanol–water partition coefficient (Wildman–Crippen LogP) is 1.07. The topological polar surface area (TPSA) is 41.1 Å². The molecule has 1 aliphatic rings. The van der Waals surface area contributed by atoms with Crippen molar-refractivity contribution in [3.63, 3.8) is 0 Å². The largest absolute Gasteiger partial charge is 0.352 e. The number of carbonyl (C=O) groups is 1.